The molecule has 0 aromatic heterocycles. The lowest BCUT2D eigenvalue weighted by molar-refractivity contribution is 0.0644. The number of fused-ring (bicyclic) bond motifs is 1. The van der Waals surface area contributed by atoms with E-state index in [0.29, 0.717) is 37.0 Å². The lowest BCUT2D eigenvalue weighted by Crippen LogP contribution is -2.54. The molecule has 0 spiro atoms. The van der Waals surface area contributed by atoms with Crippen molar-refractivity contribution in [2.45, 2.75) is 24.8 Å². The van der Waals surface area contributed by atoms with Gasteiger partial charge in [-0.25, -0.2) is 8.42 Å². The molecule has 2 aromatic rings. The van der Waals surface area contributed by atoms with Crippen LogP contribution in [-0.2, 0) is 10.0 Å². The first-order valence-electron chi connectivity index (χ1n) is 8.78. The molecule has 0 radical (unpaired) electrons. The van der Waals surface area contributed by atoms with Crippen LogP contribution in [0.15, 0.2) is 47.4 Å². The van der Waals surface area contributed by atoms with E-state index in [2.05, 4.69) is 18.7 Å². The van der Waals surface area contributed by atoms with Crippen molar-refractivity contribution in [3.63, 3.8) is 0 Å². The molecule has 0 saturated carbocycles. The standard InChI is InChI=1S/C19H26N2O3S/c1-15(2)18(14-22)20-10-12-21(13-11-20)25(23,24)19-9-5-7-16-6-3-4-8-17(16)19/h3-9,15,18,22H,10-14H2,1-2H3/t18-/m0/s1. The Bertz CT molecular complexity index is 822. The minimum Gasteiger partial charge on any atom is -0.395 e. The van der Waals surface area contributed by atoms with Gasteiger partial charge in [-0.3, -0.25) is 4.90 Å². The highest BCUT2D eigenvalue weighted by atomic mass is 32.2. The Balaban J connectivity index is 1.83. The van der Waals surface area contributed by atoms with Gasteiger partial charge in [0.15, 0.2) is 0 Å². The summed E-state index contributed by atoms with van der Waals surface area (Å²) >= 11 is 0. The summed E-state index contributed by atoms with van der Waals surface area (Å²) in [5.74, 6) is 0.339. The van der Waals surface area contributed by atoms with Crippen molar-refractivity contribution >= 4 is 20.8 Å². The molecule has 0 amide bonds. The second kappa shape index (κ2) is 7.41. The SMILES string of the molecule is CC(C)[C@H](CO)N1CCN(S(=O)(=O)c2cccc3ccccc23)CC1. The maximum Gasteiger partial charge on any atom is 0.243 e. The van der Waals surface area contributed by atoms with E-state index in [1.807, 2.05) is 30.3 Å². The Hall–Kier alpha value is -1.47. The van der Waals surface area contributed by atoms with Crippen LogP contribution in [0.1, 0.15) is 13.8 Å². The fourth-order valence-electron chi connectivity index (χ4n) is 3.58. The highest BCUT2D eigenvalue weighted by Crippen LogP contribution is 2.26. The van der Waals surface area contributed by atoms with E-state index in [4.69, 9.17) is 0 Å². The van der Waals surface area contributed by atoms with Crippen LogP contribution < -0.4 is 0 Å². The van der Waals surface area contributed by atoms with Crippen molar-refractivity contribution in [2.24, 2.45) is 5.92 Å². The van der Waals surface area contributed by atoms with Gasteiger partial charge in [0.25, 0.3) is 0 Å². The van der Waals surface area contributed by atoms with Crippen LogP contribution in [0.5, 0.6) is 0 Å². The maximum atomic E-state index is 13.1. The number of benzene rings is 2. The summed E-state index contributed by atoms with van der Waals surface area (Å²) in [7, 11) is -3.52. The number of aliphatic hydroxyl groups excluding tert-OH is 1. The summed E-state index contributed by atoms with van der Waals surface area (Å²) in [5.41, 5.74) is 0. The van der Waals surface area contributed by atoms with Crippen LogP contribution in [0.4, 0.5) is 0 Å². The molecular weight excluding hydrogens is 336 g/mol. The Labute approximate surface area is 149 Å². The van der Waals surface area contributed by atoms with Crippen LogP contribution in [0.25, 0.3) is 10.8 Å². The minimum absolute atomic E-state index is 0.0856. The number of piperazine rings is 1. The van der Waals surface area contributed by atoms with Gasteiger partial charge < -0.3 is 5.11 Å². The predicted octanol–water partition coefficient (Wildman–Crippen LogP) is 2.16. The normalized spacial score (nSPS) is 18.7. The molecule has 1 atom stereocenters. The second-order valence-electron chi connectivity index (χ2n) is 6.91. The quantitative estimate of drug-likeness (QED) is 0.885. The fourth-order valence-corrected chi connectivity index (χ4v) is 5.22. The topological polar surface area (TPSA) is 60.9 Å². The zero-order valence-electron chi connectivity index (χ0n) is 14.8. The van der Waals surface area contributed by atoms with Gasteiger partial charge in [0.2, 0.25) is 10.0 Å². The average Bonchev–Trinajstić information content (AvgIpc) is 2.62. The minimum atomic E-state index is -3.52. The summed E-state index contributed by atoms with van der Waals surface area (Å²) in [6.45, 7) is 6.47. The first-order valence-corrected chi connectivity index (χ1v) is 10.2. The lowest BCUT2D eigenvalue weighted by atomic mass is 10.0. The van der Waals surface area contributed by atoms with Gasteiger partial charge >= 0.3 is 0 Å². The summed E-state index contributed by atoms with van der Waals surface area (Å²) in [6, 6.07) is 13.1. The molecular formula is C19H26N2O3S. The number of hydrogen-bond donors (Lipinski definition) is 1. The Kier molecular flexibility index (Phi) is 5.43. The second-order valence-corrected chi connectivity index (χ2v) is 8.82. The van der Waals surface area contributed by atoms with E-state index < -0.39 is 10.0 Å². The zero-order valence-corrected chi connectivity index (χ0v) is 15.6. The molecule has 6 heteroatoms. The predicted molar refractivity (Wildman–Crippen MR) is 100.0 cm³/mol. The third-order valence-electron chi connectivity index (χ3n) is 5.07. The Morgan fingerprint density at radius 1 is 1.00 bits per heavy atom. The van der Waals surface area contributed by atoms with Gasteiger partial charge in [0.05, 0.1) is 11.5 Å². The van der Waals surface area contributed by atoms with Crippen LogP contribution >= 0.6 is 0 Å². The van der Waals surface area contributed by atoms with E-state index in [0.717, 1.165) is 10.8 Å². The molecule has 1 aliphatic heterocycles. The molecule has 0 unspecified atom stereocenters. The van der Waals surface area contributed by atoms with Gasteiger partial charge in [0, 0.05) is 37.6 Å². The van der Waals surface area contributed by atoms with Crippen molar-refractivity contribution in [3.8, 4) is 0 Å². The molecule has 25 heavy (non-hydrogen) atoms. The monoisotopic (exact) mass is 362 g/mol. The first kappa shape index (κ1) is 18.3. The number of aliphatic hydroxyl groups is 1. The van der Waals surface area contributed by atoms with Gasteiger partial charge in [-0.15, -0.1) is 0 Å². The largest absolute Gasteiger partial charge is 0.395 e. The van der Waals surface area contributed by atoms with E-state index in [9.17, 15) is 13.5 Å². The summed E-state index contributed by atoms with van der Waals surface area (Å²) in [4.78, 5) is 2.57. The highest BCUT2D eigenvalue weighted by molar-refractivity contribution is 7.89. The van der Waals surface area contributed by atoms with Crippen LogP contribution in [0.2, 0.25) is 0 Å². The van der Waals surface area contributed by atoms with Gasteiger partial charge in [-0.1, -0.05) is 50.2 Å². The Morgan fingerprint density at radius 2 is 1.64 bits per heavy atom. The number of rotatable bonds is 5. The van der Waals surface area contributed by atoms with Crippen LogP contribution in [0.3, 0.4) is 0 Å². The lowest BCUT2D eigenvalue weighted by Gasteiger charge is -2.39. The highest BCUT2D eigenvalue weighted by Gasteiger charge is 2.32. The number of nitrogens with zero attached hydrogens (tertiary/aromatic N) is 2. The van der Waals surface area contributed by atoms with E-state index >= 15 is 0 Å². The van der Waals surface area contributed by atoms with Crippen LogP contribution in [0, 0.1) is 5.92 Å². The van der Waals surface area contributed by atoms with E-state index in [1.165, 1.54) is 0 Å². The van der Waals surface area contributed by atoms with E-state index in [1.54, 1.807) is 16.4 Å². The number of hydrogen-bond acceptors (Lipinski definition) is 4. The van der Waals surface area contributed by atoms with Gasteiger partial charge in [-0.05, 0) is 17.4 Å². The van der Waals surface area contributed by atoms with Crippen molar-refractivity contribution < 1.29 is 13.5 Å². The molecule has 1 aliphatic rings. The van der Waals surface area contributed by atoms with Crippen molar-refractivity contribution in [2.75, 3.05) is 32.8 Å². The molecule has 136 valence electrons. The molecule has 0 aliphatic carbocycles. The molecule has 1 fully saturated rings. The zero-order chi connectivity index (χ0) is 18.0. The van der Waals surface area contributed by atoms with Gasteiger partial charge in [-0.2, -0.15) is 4.31 Å². The molecule has 1 N–H and O–H groups in total. The van der Waals surface area contributed by atoms with Crippen molar-refractivity contribution in [1.29, 1.82) is 0 Å². The molecule has 3 rings (SSSR count). The fraction of sp³-hybridized carbons (Fsp3) is 0.474. The third-order valence-corrected chi connectivity index (χ3v) is 7.02. The van der Waals surface area contributed by atoms with Crippen molar-refractivity contribution in [3.05, 3.63) is 42.5 Å². The number of sulfonamides is 1. The maximum absolute atomic E-state index is 13.1. The molecule has 1 saturated heterocycles. The molecule has 0 bridgehead atoms. The molecule has 2 aromatic carbocycles. The summed E-state index contributed by atoms with van der Waals surface area (Å²) in [6.07, 6.45) is 0. The molecule has 1 heterocycles. The van der Waals surface area contributed by atoms with Gasteiger partial charge in [0.1, 0.15) is 0 Å². The first-order chi connectivity index (χ1) is 11.9. The summed E-state index contributed by atoms with van der Waals surface area (Å²) < 4.78 is 27.8. The average molecular weight is 362 g/mol. The smallest absolute Gasteiger partial charge is 0.243 e. The van der Waals surface area contributed by atoms with Crippen molar-refractivity contribution in [1.82, 2.24) is 9.21 Å². The van der Waals surface area contributed by atoms with E-state index in [-0.39, 0.29) is 12.6 Å². The Morgan fingerprint density at radius 3 is 2.28 bits per heavy atom. The van der Waals surface area contributed by atoms with Crippen LogP contribution in [-0.4, -0.2) is 61.6 Å². The third kappa shape index (κ3) is 3.58. The molecule has 5 nitrogen and oxygen atoms in total. The summed E-state index contributed by atoms with van der Waals surface area (Å²) in [5, 5.41) is 11.3.